The number of likely N-dealkylation sites (tertiary alicyclic amines) is 1. The van der Waals surface area contributed by atoms with Gasteiger partial charge in [0.1, 0.15) is 10.8 Å². The maximum atomic E-state index is 12.9. The first-order valence-electron chi connectivity index (χ1n) is 12.1. The van der Waals surface area contributed by atoms with Gasteiger partial charge in [0, 0.05) is 62.6 Å². The molecule has 2 aliphatic rings. The maximum absolute atomic E-state index is 12.9. The number of pyridine rings is 1. The van der Waals surface area contributed by atoms with Gasteiger partial charge in [-0.25, -0.2) is 4.98 Å². The number of piperazine rings is 1. The summed E-state index contributed by atoms with van der Waals surface area (Å²) in [6, 6.07) is 16.5. The second kappa shape index (κ2) is 10.6. The summed E-state index contributed by atoms with van der Waals surface area (Å²) in [7, 11) is 0. The highest BCUT2D eigenvalue weighted by Gasteiger charge is 2.37. The van der Waals surface area contributed by atoms with Crippen molar-refractivity contribution in [1.82, 2.24) is 19.7 Å². The van der Waals surface area contributed by atoms with E-state index in [1.165, 1.54) is 0 Å². The standard InChI is InChI=1S/C27H24ClF3N4O3/c28-23-14-20(27(29,30)31)15-32-24(23)38-22-8-6-19(7-9-22)26(37)35-16-21(17-35)33-10-12-34(13-11-33)25(36)18-4-2-1-3-5-18/h1-9,14-15,21H,10-13,16-17H2. The average Bonchev–Trinajstić information content (AvgIpc) is 2.89. The predicted molar refractivity (Wildman–Crippen MR) is 134 cm³/mol. The van der Waals surface area contributed by atoms with Gasteiger partial charge >= 0.3 is 6.18 Å². The van der Waals surface area contributed by atoms with Crippen molar-refractivity contribution in [2.75, 3.05) is 39.3 Å². The van der Waals surface area contributed by atoms with Crippen LogP contribution in [0.1, 0.15) is 26.3 Å². The lowest BCUT2D eigenvalue weighted by atomic mass is 10.0. The van der Waals surface area contributed by atoms with Crippen LogP contribution in [0.2, 0.25) is 5.02 Å². The van der Waals surface area contributed by atoms with E-state index in [9.17, 15) is 22.8 Å². The van der Waals surface area contributed by atoms with E-state index in [1.54, 1.807) is 29.2 Å². The molecular formula is C27H24ClF3N4O3. The molecule has 38 heavy (non-hydrogen) atoms. The van der Waals surface area contributed by atoms with E-state index in [0.717, 1.165) is 19.2 Å². The molecule has 3 heterocycles. The molecule has 7 nitrogen and oxygen atoms in total. The van der Waals surface area contributed by atoms with Crippen LogP contribution in [0, 0.1) is 0 Å². The molecule has 198 valence electrons. The van der Waals surface area contributed by atoms with Crippen LogP contribution in [0.15, 0.2) is 66.9 Å². The Morgan fingerprint density at radius 2 is 1.47 bits per heavy atom. The molecule has 2 aliphatic heterocycles. The Labute approximate surface area is 222 Å². The Kier molecular flexibility index (Phi) is 7.27. The first-order chi connectivity index (χ1) is 18.2. The fourth-order valence-corrected chi connectivity index (χ4v) is 4.73. The Balaban J connectivity index is 1.10. The maximum Gasteiger partial charge on any atom is 0.417 e. The van der Waals surface area contributed by atoms with Crippen molar-refractivity contribution < 1.29 is 27.5 Å². The predicted octanol–water partition coefficient (Wildman–Crippen LogP) is 4.83. The van der Waals surface area contributed by atoms with Gasteiger partial charge in [-0.05, 0) is 42.5 Å². The minimum atomic E-state index is -4.55. The number of hydrogen-bond donors (Lipinski definition) is 0. The molecule has 0 bridgehead atoms. The molecule has 0 atom stereocenters. The number of amides is 2. The molecule has 2 fully saturated rings. The fraction of sp³-hybridized carbons (Fsp3) is 0.296. The van der Waals surface area contributed by atoms with Crippen LogP contribution >= 0.6 is 11.6 Å². The van der Waals surface area contributed by atoms with E-state index >= 15 is 0 Å². The monoisotopic (exact) mass is 544 g/mol. The highest BCUT2D eigenvalue weighted by Crippen LogP contribution is 2.34. The third-order valence-electron chi connectivity index (χ3n) is 6.74. The second-order valence-corrected chi connectivity index (χ2v) is 9.60. The summed E-state index contributed by atoms with van der Waals surface area (Å²) in [4.78, 5) is 35.1. The van der Waals surface area contributed by atoms with E-state index < -0.39 is 11.7 Å². The molecule has 0 radical (unpaired) electrons. The first kappa shape index (κ1) is 26.0. The number of nitrogens with zero attached hydrogens (tertiary/aromatic N) is 4. The summed E-state index contributed by atoms with van der Waals surface area (Å²) in [5.74, 6) is 0.0610. The first-order valence-corrected chi connectivity index (χ1v) is 12.4. The van der Waals surface area contributed by atoms with Crippen molar-refractivity contribution in [2.24, 2.45) is 0 Å². The molecular weight excluding hydrogens is 521 g/mol. The van der Waals surface area contributed by atoms with Gasteiger partial charge < -0.3 is 14.5 Å². The molecule has 0 aliphatic carbocycles. The Morgan fingerprint density at radius 3 is 2.08 bits per heavy atom. The van der Waals surface area contributed by atoms with Crippen LogP contribution in [-0.2, 0) is 6.18 Å². The van der Waals surface area contributed by atoms with Gasteiger partial charge in [-0.15, -0.1) is 0 Å². The van der Waals surface area contributed by atoms with Gasteiger partial charge in [-0.3, -0.25) is 14.5 Å². The smallest absolute Gasteiger partial charge is 0.417 e. The van der Waals surface area contributed by atoms with Gasteiger partial charge in [0.15, 0.2) is 0 Å². The highest BCUT2D eigenvalue weighted by molar-refractivity contribution is 6.31. The summed E-state index contributed by atoms with van der Waals surface area (Å²) < 4.78 is 43.9. The summed E-state index contributed by atoms with van der Waals surface area (Å²) in [6.07, 6.45) is -3.90. The molecule has 2 saturated heterocycles. The second-order valence-electron chi connectivity index (χ2n) is 9.19. The fourth-order valence-electron chi connectivity index (χ4n) is 4.52. The molecule has 2 amide bonds. The lowest BCUT2D eigenvalue weighted by Crippen LogP contribution is -2.64. The molecule has 0 N–H and O–H groups in total. The van der Waals surface area contributed by atoms with Crippen LogP contribution in [-0.4, -0.2) is 76.8 Å². The van der Waals surface area contributed by atoms with Crippen molar-refractivity contribution in [3.8, 4) is 11.6 Å². The van der Waals surface area contributed by atoms with Crippen molar-refractivity contribution >= 4 is 23.4 Å². The van der Waals surface area contributed by atoms with E-state index in [-0.39, 0.29) is 28.8 Å². The number of rotatable bonds is 5. The number of hydrogen-bond acceptors (Lipinski definition) is 5. The van der Waals surface area contributed by atoms with E-state index in [4.69, 9.17) is 16.3 Å². The molecule has 5 rings (SSSR count). The lowest BCUT2D eigenvalue weighted by Gasteiger charge is -2.48. The van der Waals surface area contributed by atoms with Crippen molar-refractivity contribution in [1.29, 1.82) is 0 Å². The number of alkyl halides is 3. The van der Waals surface area contributed by atoms with E-state index in [2.05, 4.69) is 9.88 Å². The zero-order valence-corrected chi connectivity index (χ0v) is 21.0. The van der Waals surface area contributed by atoms with Gasteiger partial charge in [-0.2, -0.15) is 13.2 Å². The third-order valence-corrected chi connectivity index (χ3v) is 7.01. The van der Waals surface area contributed by atoms with E-state index in [0.29, 0.717) is 49.3 Å². The number of carbonyl (C=O) groups excluding carboxylic acids is 2. The van der Waals surface area contributed by atoms with Gasteiger partial charge in [0.2, 0.25) is 5.88 Å². The Morgan fingerprint density at radius 1 is 0.868 bits per heavy atom. The van der Waals surface area contributed by atoms with Crippen LogP contribution in [0.3, 0.4) is 0 Å². The minimum absolute atomic E-state index is 0.0412. The summed E-state index contributed by atoms with van der Waals surface area (Å²) in [6.45, 7) is 4.04. The molecule has 0 unspecified atom stereocenters. The number of carbonyl (C=O) groups is 2. The Bertz CT molecular complexity index is 1310. The van der Waals surface area contributed by atoms with Crippen LogP contribution in [0.4, 0.5) is 13.2 Å². The molecule has 11 heteroatoms. The van der Waals surface area contributed by atoms with Gasteiger partial charge in [-0.1, -0.05) is 29.8 Å². The molecule has 3 aromatic rings. The van der Waals surface area contributed by atoms with Crippen molar-refractivity contribution in [3.63, 3.8) is 0 Å². The number of benzene rings is 2. The molecule has 0 spiro atoms. The minimum Gasteiger partial charge on any atom is -0.438 e. The van der Waals surface area contributed by atoms with Gasteiger partial charge in [0.25, 0.3) is 11.8 Å². The van der Waals surface area contributed by atoms with Crippen LogP contribution < -0.4 is 4.74 Å². The zero-order chi connectivity index (χ0) is 26.9. The largest absolute Gasteiger partial charge is 0.438 e. The number of halogens is 4. The van der Waals surface area contributed by atoms with Crippen molar-refractivity contribution in [3.05, 3.63) is 88.6 Å². The number of ether oxygens (including phenoxy) is 1. The summed E-state index contributed by atoms with van der Waals surface area (Å²) in [5, 5.41) is -0.267. The highest BCUT2D eigenvalue weighted by atomic mass is 35.5. The Hall–Kier alpha value is -3.63. The number of aromatic nitrogens is 1. The van der Waals surface area contributed by atoms with E-state index in [1.807, 2.05) is 35.2 Å². The van der Waals surface area contributed by atoms with Gasteiger partial charge in [0.05, 0.1) is 5.56 Å². The van der Waals surface area contributed by atoms with Crippen LogP contribution in [0.25, 0.3) is 0 Å². The molecule has 1 aromatic heterocycles. The molecule has 0 saturated carbocycles. The van der Waals surface area contributed by atoms with Crippen molar-refractivity contribution in [2.45, 2.75) is 12.2 Å². The summed E-state index contributed by atoms with van der Waals surface area (Å²) in [5.41, 5.74) is 0.197. The van der Waals surface area contributed by atoms with Crippen LogP contribution in [0.5, 0.6) is 11.6 Å². The SMILES string of the molecule is O=C(c1ccccc1)N1CCN(C2CN(C(=O)c3ccc(Oc4ncc(C(F)(F)F)cc4Cl)cc3)C2)CC1. The lowest BCUT2D eigenvalue weighted by molar-refractivity contribution is -0.137. The normalized spacial score (nSPS) is 16.7. The third kappa shape index (κ3) is 5.61. The molecule has 2 aromatic carbocycles. The topological polar surface area (TPSA) is 66.0 Å². The zero-order valence-electron chi connectivity index (χ0n) is 20.2. The average molecular weight is 545 g/mol. The quantitative estimate of drug-likeness (QED) is 0.460. The summed E-state index contributed by atoms with van der Waals surface area (Å²) >= 11 is 5.89.